The molecule has 0 radical (unpaired) electrons. The van der Waals surface area contributed by atoms with Gasteiger partial charge < -0.3 is 10.5 Å². The van der Waals surface area contributed by atoms with Gasteiger partial charge in [0.2, 0.25) is 0 Å². The monoisotopic (exact) mass is 281 g/mol. The van der Waals surface area contributed by atoms with Crippen LogP contribution in [0.4, 0.5) is 0 Å². The van der Waals surface area contributed by atoms with Crippen molar-refractivity contribution >= 4 is 0 Å². The molecule has 0 aromatic carbocycles. The van der Waals surface area contributed by atoms with Crippen molar-refractivity contribution in [1.82, 2.24) is 0 Å². The van der Waals surface area contributed by atoms with E-state index in [1.54, 1.807) is 0 Å². The molecule has 0 aromatic heterocycles. The summed E-state index contributed by atoms with van der Waals surface area (Å²) in [5.74, 6) is 3.03. The summed E-state index contributed by atoms with van der Waals surface area (Å²) < 4.78 is 6.76. The Morgan fingerprint density at radius 3 is 2.50 bits per heavy atom. The first-order chi connectivity index (χ1) is 9.46. The summed E-state index contributed by atoms with van der Waals surface area (Å²) in [6, 6.07) is 0. The molecule has 2 nitrogen and oxygen atoms in total. The summed E-state index contributed by atoms with van der Waals surface area (Å²) in [4.78, 5) is 0. The van der Waals surface area contributed by atoms with Crippen LogP contribution in [0.15, 0.2) is 0 Å². The van der Waals surface area contributed by atoms with Crippen molar-refractivity contribution in [3.8, 4) is 0 Å². The second-order valence-corrected chi connectivity index (χ2v) is 8.07. The van der Waals surface area contributed by atoms with E-state index in [0.717, 1.165) is 23.7 Å². The molecule has 118 valence electrons. The third kappa shape index (κ3) is 3.76. The van der Waals surface area contributed by atoms with Gasteiger partial charge in [0.1, 0.15) is 0 Å². The van der Waals surface area contributed by atoms with E-state index in [2.05, 4.69) is 27.7 Å². The van der Waals surface area contributed by atoms with Gasteiger partial charge >= 0.3 is 0 Å². The van der Waals surface area contributed by atoms with Crippen LogP contribution in [0.25, 0.3) is 0 Å². The number of hydrogen-bond acceptors (Lipinski definition) is 2. The van der Waals surface area contributed by atoms with Crippen molar-refractivity contribution in [2.45, 2.75) is 84.3 Å². The zero-order valence-electron chi connectivity index (χ0n) is 14.0. The minimum Gasteiger partial charge on any atom is -0.370 e. The maximum absolute atomic E-state index is 6.76. The fourth-order valence-electron chi connectivity index (χ4n) is 4.52. The number of nitrogens with two attached hydrogens (primary N) is 1. The van der Waals surface area contributed by atoms with E-state index in [1.807, 2.05) is 0 Å². The van der Waals surface area contributed by atoms with Gasteiger partial charge in [-0.1, -0.05) is 47.0 Å². The number of rotatable bonds is 4. The Hall–Kier alpha value is -0.0800. The normalized spacial score (nSPS) is 42.9. The highest BCUT2D eigenvalue weighted by molar-refractivity contribution is 4.92. The van der Waals surface area contributed by atoms with Gasteiger partial charge in [-0.05, 0) is 49.4 Å². The predicted molar refractivity (Wildman–Crippen MR) is 85.6 cm³/mol. The molecule has 2 heteroatoms. The molecule has 0 saturated heterocycles. The fourth-order valence-corrected chi connectivity index (χ4v) is 4.52. The summed E-state index contributed by atoms with van der Waals surface area (Å²) in [5.41, 5.74) is 6.13. The van der Waals surface area contributed by atoms with Crippen LogP contribution in [-0.4, -0.2) is 18.2 Å². The minimum absolute atomic E-state index is 0.0213. The summed E-state index contributed by atoms with van der Waals surface area (Å²) in [6.45, 7) is 10.2. The van der Waals surface area contributed by atoms with Crippen molar-refractivity contribution in [2.24, 2.45) is 29.4 Å². The van der Waals surface area contributed by atoms with E-state index in [0.29, 0.717) is 12.6 Å². The molecule has 2 rings (SSSR count). The van der Waals surface area contributed by atoms with Crippen LogP contribution < -0.4 is 5.73 Å². The quantitative estimate of drug-likeness (QED) is 0.830. The zero-order chi connectivity index (χ0) is 14.8. The number of hydrogen-bond donors (Lipinski definition) is 1. The SMILES string of the molecule is CC1CCC(C(C)C)C(OC2(CN)CCCC(C)C2)C1. The smallest absolute Gasteiger partial charge is 0.0810 e. The van der Waals surface area contributed by atoms with E-state index in [1.165, 1.54) is 44.9 Å². The van der Waals surface area contributed by atoms with Crippen molar-refractivity contribution < 1.29 is 4.74 Å². The van der Waals surface area contributed by atoms with Gasteiger partial charge in [-0.15, -0.1) is 0 Å². The average molecular weight is 281 g/mol. The van der Waals surface area contributed by atoms with Crippen molar-refractivity contribution in [1.29, 1.82) is 0 Å². The standard InChI is InChI=1S/C18H35NO/c1-13(2)16-8-7-14(3)10-17(16)20-18(12-19)9-5-6-15(4)11-18/h13-17H,5-12,19H2,1-4H3. The van der Waals surface area contributed by atoms with Gasteiger partial charge in [0, 0.05) is 6.54 Å². The molecular weight excluding hydrogens is 246 g/mol. The lowest BCUT2D eigenvalue weighted by atomic mass is 9.74. The van der Waals surface area contributed by atoms with Crippen LogP contribution in [0.2, 0.25) is 0 Å². The first-order valence-corrected chi connectivity index (χ1v) is 8.83. The maximum Gasteiger partial charge on any atom is 0.0810 e. The highest BCUT2D eigenvalue weighted by atomic mass is 16.5. The molecule has 0 heterocycles. The molecule has 0 aliphatic heterocycles. The minimum atomic E-state index is -0.0213. The molecule has 5 atom stereocenters. The van der Waals surface area contributed by atoms with E-state index >= 15 is 0 Å². The largest absolute Gasteiger partial charge is 0.370 e. The van der Waals surface area contributed by atoms with Gasteiger partial charge in [-0.2, -0.15) is 0 Å². The van der Waals surface area contributed by atoms with E-state index < -0.39 is 0 Å². The van der Waals surface area contributed by atoms with Crippen LogP contribution in [-0.2, 0) is 4.74 Å². The number of ether oxygens (including phenoxy) is 1. The lowest BCUT2D eigenvalue weighted by Gasteiger charge is -2.46. The first-order valence-electron chi connectivity index (χ1n) is 8.83. The Labute approximate surface area is 125 Å². The molecule has 2 aliphatic carbocycles. The molecule has 0 aromatic rings. The Bertz CT molecular complexity index is 304. The van der Waals surface area contributed by atoms with Gasteiger partial charge in [-0.3, -0.25) is 0 Å². The van der Waals surface area contributed by atoms with Crippen LogP contribution >= 0.6 is 0 Å². The van der Waals surface area contributed by atoms with Crippen LogP contribution in [0.3, 0.4) is 0 Å². The van der Waals surface area contributed by atoms with Crippen molar-refractivity contribution in [3.63, 3.8) is 0 Å². The summed E-state index contributed by atoms with van der Waals surface area (Å²) in [6.07, 6.45) is 9.34. The molecule has 5 unspecified atom stereocenters. The van der Waals surface area contributed by atoms with E-state index in [9.17, 15) is 0 Å². The van der Waals surface area contributed by atoms with Gasteiger partial charge in [0.25, 0.3) is 0 Å². The Morgan fingerprint density at radius 2 is 1.90 bits per heavy atom. The summed E-state index contributed by atoms with van der Waals surface area (Å²) in [5, 5.41) is 0. The highest BCUT2D eigenvalue weighted by Gasteiger charge is 2.41. The molecule has 2 N–H and O–H groups in total. The third-order valence-electron chi connectivity index (χ3n) is 5.78. The van der Waals surface area contributed by atoms with Crippen molar-refractivity contribution in [2.75, 3.05) is 6.54 Å². The molecule has 2 aliphatic rings. The van der Waals surface area contributed by atoms with Gasteiger partial charge in [-0.25, -0.2) is 0 Å². The van der Waals surface area contributed by atoms with E-state index in [4.69, 9.17) is 10.5 Å². The Kier molecular flexibility index (Phi) is 5.53. The summed E-state index contributed by atoms with van der Waals surface area (Å²) >= 11 is 0. The topological polar surface area (TPSA) is 35.2 Å². The third-order valence-corrected chi connectivity index (χ3v) is 5.78. The Balaban J connectivity index is 2.07. The molecule has 0 amide bonds. The highest BCUT2D eigenvalue weighted by Crippen LogP contribution is 2.41. The van der Waals surface area contributed by atoms with Gasteiger partial charge in [0.15, 0.2) is 0 Å². The molecule has 0 spiro atoms. The first kappa shape index (κ1) is 16.3. The van der Waals surface area contributed by atoms with Crippen LogP contribution in [0.5, 0.6) is 0 Å². The second kappa shape index (κ2) is 6.79. The second-order valence-electron chi connectivity index (χ2n) is 8.07. The lowest BCUT2D eigenvalue weighted by molar-refractivity contribution is -0.155. The molecule has 20 heavy (non-hydrogen) atoms. The Morgan fingerprint density at radius 1 is 1.15 bits per heavy atom. The molecular formula is C18H35NO. The van der Waals surface area contributed by atoms with Crippen molar-refractivity contribution in [3.05, 3.63) is 0 Å². The average Bonchev–Trinajstić information content (AvgIpc) is 2.38. The molecule has 2 fully saturated rings. The van der Waals surface area contributed by atoms with Crippen LogP contribution in [0.1, 0.15) is 72.6 Å². The molecule has 2 saturated carbocycles. The summed E-state index contributed by atoms with van der Waals surface area (Å²) in [7, 11) is 0. The van der Waals surface area contributed by atoms with E-state index in [-0.39, 0.29) is 5.60 Å². The molecule has 0 bridgehead atoms. The predicted octanol–water partition coefficient (Wildman–Crippen LogP) is 4.37. The fraction of sp³-hybridized carbons (Fsp3) is 1.00. The van der Waals surface area contributed by atoms with Crippen LogP contribution in [0, 0.1) is 23.7 Å². The van der Waals surface area contributed by atoms with Gasteiger partial charge in [0.05, 0.1) is 11.7 Å². The zero-order valence-corrected chi connectivity index (χ0v) is 14.0. The lowest BCUT2D eigenvalue weighted by Crippen LogP contribution is -2.50. The maximum atomic E-state index is 6.76.